The van der Waals surface area contributed by atoms with Crippen LogP contribution in [0, 0.1) is 11.4 Å². The topological polar surface area (TPSA) is 117 Å². The molecule has 5 rings (SSSR count). The van der Waals surface area contributed by atoms with E-state index >= 15 is 0 Å². The molecule has 1 atom stereocenters. The third kappa shape index (κ3) is 5.60. The van der Waals surface area contributed by atoms with Crippen molar-refractivity contribution >= 4 is 23.0 Å². The average molecular weight is 506 g/mol. The number of halogens is 1. The van der Waals surface area contributed by atoms with Gasteiger partial charge < -0.3 is 0 Å². The number of nitrogens with zero attached hydrogens (tertiary/aromatic N) is 8. The number of piperidine rings is 1. The van der Waals surface area contributed by atoms with Gasteiger partial charge in [-0.05, 0) is 86.3 Å². The van der Waals surface area contributed by atoms with E-state index < -0.39 is 0 Å². The van der Waals surface area contributed by atoms with Gasteiger partial charge in [-0.15, -0.1) is 5.11 Å². The van der Waals surface area contributed by atoms with Crippen molar-refractivity contribution in [2.75, 3.05) is 32.7 Å². The highest BCUT2D eigenvalue weighted by molar-refractivity contribution is 6.30. The predicted octanol–water partition coefficient (Wildman–Crippen LogP) is 6.18. The Hall–Kier alpha value is -2.84. The lowest BCUT2D eigenvalue weighted by molar-refractivity contribution is 0.100. The molecule has 2 aromatic rings. The summed E-state index contributed by atoms with van der Waals surface area (Å²) < 4.78 is 0. The van der Waals surface area contributed by atoms with Crippen LogP contribution in [0.3, 0.4) is 0 Å². The zero-order valence-corrected chi connectivity index (χ0v) is 21.2. The quantitative estimate of drug-likeness (QED) is 0.274. The fourth-order valence-electron chi connectivity index (χ4n) is 6.00. The van der Waals surface area contributed by atoms with E-state index in [1.54, 1.807) is 0 Å². The van der Waals surface area contributed by atoms with Crippen molar-refractivity contribution < 1.29 is 0 Å². The molecule has 2 aliphatic heterocycles. The average Bonchev–Trinajstić information content (AvgIpc) is 2.92. The zero-order valence-electron chi connectivity index (χ0n) is 20.5. The first-order valence-corrected chi connectivity index (χ1v) is 13.2. The number of benzene rings is 1. The molecular weight excluding hydrogens is 474 g/mol. The molecule has 0 bridgehead atoms. The van der Waals surface area contributed by atoms with Crippen LogP contribution in [0.2, 0.25) is 5.02 Å². The second-order valence-corrected chi connectivity index (χ2v) is 10.5. The van der Waals surface area contributed by atoms with E-state index in [0.717, 1.165) is 87.5 Å². The van der Waals surface area contributed by atoms with Gasteiger partial charge in [-0.1, -0.05) is 34.4 Å². The highest BCUT2D eigenvalue weighted by atomic mass is 35.5. The predicted molar refractivity (Wildman–Crippen MR) is 140 cm³/mol. The largest absolute Gasteiger partial charge is 0.299 e. The summed E-state index contributed by atoms with van der Waals surface area (Å²) >= 11 is 6.16. The molecule has 1 aromatic carbocycles. The number of aromatic nitrogens is 2. The van der Waals surface area contributed by atoms with Crippen LogP contribution in [0.4, 0.5) is 5.82 Å². The summed E-state index contributed by atoms with van der Waals surface area (Å²) in [7, 11) is 0. The van der Waals surface area contributed by atoms with Crippen molar-refractivity contribution in [3.05, 3.63) is 68.5 Å². The van der Waals surface area contributed by atoms with Gasteiger partial charge in [0, 0.05) is 47.7 Å². The van der Waals surface area contributed by atoms with Crippen molar-refractivity contribution in [2.24, 2.45) is 16.1 Å². The van der Waals surface area contributed by atoms with Crippen molar-refractivity contribution in [3.63, 3.8) is 0 Å². The molecule has 1 unspecified atom stereocenters. The molecule has 3 aliphatic rings. The van der Waals surface area contributed by atoms with E-state index in [0.29, 0.717) is 24.3 Å². The molecular formula is C26H32ClN9. The molecule has 10 heteroatoms. The Morgan fingerprint density at radius 1 is 1.08 bits per heavy atom. The minimum atomic E-state index is 0.398. The number of hydrogen-bond donors (Lipinski definition) is 1. The molecule has 1 N–H and O–H groups in total. The number of nitrogens with one attached hydrogen (secondary N) is 1. The fourth-order valence-corrected chi connectivity index (χ4v) is 6.12. The van der Waals surface area contributed by atoms with Crippen LogP contribution in [0.1, 0.15) is 48.9 Å². The van der Waals surface area contributed by atoms with Gasteiger partial charge in [-0.2, -0.15) is 0 Å². The number of fused-ring (bicyclic) bond motifs is 1. The smallest absolute Gasteiger partial charge is 0.180 e. The van der Waals surface area contributed by atoms with Gasteiger partial charge in [-0.25, -0.2) is 15.5 Å². The van der Waals surface area contributed by atoms with E-state index in [4.69, 9.17) is 22.7 Å². The Labute approximate surface area is 216 Å². The lowest BCUT2D eigenvalue weighted by Crippen LogP contribution is -2.47. The van der Waals surface area contributed by atoms with Crippen molar-refractivity contribution in [1.29, 1.82) is 5.53 Å². The molecule has 0 amide bonds. The Morgan fingerprint density at radius 3 is 2.64 bits per heavy atom. The van der Waals surface area contributed by atoms with Crippen LogP contribution in [-0.4, -0.2) is 58.5 Å². The molecule has 188 valence electrons. The van der Waals surface area contributed by atoms with E-state index in [2.05, 4.69) is 47.0 Å². The van der Waals surface area contributed by atoms with Crippen LogP contribution in [0.25, 0.3) is 16.0 Å². The van der Waals surface area contributed by atoms with Gasteiger partial charge >= 0.3 is 0 Å². The summed E-state index contributed by atoms with van der Waals surface area (Å²) in [6.07, 6.45) is 7.78. The van der Waals surface area contributed by atoms with Gasteiger partial charge in [0.15, 0.2) is 5.82 Å². The third-order valence-corrected chi connectivity index (χ3v) is 8.23. The minimum absolute atomic E-state index is 0.398. The first-order chi connectivity index (χ1) is 17.6. The van der Waals surface area contributed by atoms with Gasteiger partial charge in [-0.3, -0.25) is 9.80 Å². The molecule has 1 saturated heterocycles. The molecule has 1 aromatic heterocycles. The first kappa shape index (κ1) is 24.8. The minimum Gasteiger partial charge on any atom is -0.299 e. The summed E-state index contributed by atoms with van der Waals surface area (Å²) in [5.74, 6) is 0.920. The highest BCUT2D eigenvalue weighted by Gasteiger charge is 2.30. The molecule has 0 radical (unpaired) electrons. The monoisotopic (exact) mass is 505 g/mol. The number of azide groups is 1. The lowest BCUT2D eigenvalue weighted by Gasteiger charge is -2.41. The molecule has 3 heterocycles. The maximum absolute atomic E-state index is 8.77. The molecule has 0 saturated carbocycles. The van der Waals surface area contributed by atoms with E-state index in [-0.39, 0.29) is 0 Å². The van der Waals surface area contributed by atoms with Crippen molar-refractivity contribution in [1.82, 2.24) is 19.8 Å². The molecule has 1 fully saturated rings. The Kier molecular flexibility index (Phi) is 7.92. The normalized spacial score (nSPS) is 21.6. The Bertz CT molecular complexity index is 1160. The number of allylic oxidation sites excluding steroid dienone is 1. The second-order valence-electron chi connectivity index (χ2n) is 10.1. The van der Waals surface area contributed by atoms with E-state index in [9.17, 15) is 0 Å². The van der Waals surface area contributed by atoms with Crippen LogP contribution in [-0.2, 0) is 13.0 Å². The summed E-state index contributed by atoms with van der Waals surface area (Å²) in [6, 6.07) is 8.73. The van der Waals surface area contributed by atoms with Crippen LogP contribution in [0.5, 0.6) is 0 Å². The Morgan fingerprint density at radius 2 is 1.89 bits per heavy atom. The highest BCUT2D eigenvalue weighted by Crippen LogP contribution is 2.37. The Balaban J connectivity index is 1.23. The number of likely N-dealkylation sites (tertiary alicyclic amines) is 1. The van der Waals surface area contributed by atoms with Crippen LogP contribution in [0.15, 0.2) is 46.4 Å². The van der Waals surface area contributed by atoms with Crippen molar-refractivity contribution in [3.8, 4) is 0 Å². The second kappa shape index (κ2) is 11.5. The standard InChI is InChI=1S/C26H32ClN9/c27-21-5-3-19(4-6-21)24-13-18(14-32-34-29)1-2-20(24)15-35-10-7-22(8-11-35)36-12-9-23-25(16-36)30-17-31-26(23)33-28/h3-6,17-18,22,28H,1-2,7-16H2. The number of rotatable bonds is 7. The lowest BCUT2D eigenvalue weighted by atomic mass is 9.80. The number of hydrogen-bond acceptors (Lipinski definition) is 7. The van der Waals surface area contributed by atoms with Gasteiger partial charge in [0.1, 0.15) is 6.33 Å². The maximum Gasteiger partial charge on any atom is 0.180 e. The molecule has 9 nitrogen and oxygen atoms in total. The maximum atomic E-state index is 8.77. The van der Waals surface area contributed by atoms with Gasteiger partial charge in [0.25, 0.3) is 0 Å². The molecule has 0 spiro atoms. The molecule has 1 aliphatic carbocycles. The summed E-state index contributed by atoms with van der Waals surface area (Å²) in [6.45, 7) is 5.54. The van der Waals surface area contributed by atoms with E-state index in [1.165, 1.54) is 23.0 Å². The third-order valence-electron chi connectivity index (χ3n) is 7.98. The SMILES string of the molecule is [N-]=[N+]=NCC1CCC(CN2CCC(N3CCc4c(ncnc4N=N)C3)CC2)=C(c2ccc(Cl)cc2)C1. The molecule has 36 heavy (non-hydrogen) atoms. The summed E-state index contributed by atoms with van der Waals surface area (Å²) in [4.78, 5) is 16.8. The zero-order chi connectivity index (χ0) is 24.9. The van der Waals surface area contributed by atoms with Gasteiger partial charge in [0.05, 0.1) is 5.69 Å². The first-order valence-electron chi connectivity index (χ1n) is 12.8. The summed E-state index contributed by atoms with van der Waals surface area (Å²) in [5.41, 5.74) is 22.4. The van der Waals surface area contributed by atoms with Gasteiger partial charge in [0.2, 0.25) is 0 Å². The summed E-state index contributed by atoms with van der Waals surface area (Å²) in [5, 5.41) is 8.19. The van der Waals surface area contributed by atoms with E-state index in [1.807, 2.05) is 12.1 Å². The fraction of sp³-hybridized carbons (Fsp3) is 0.538. The van der Waals surface area contributed by atoms with Crippen molar-refractivity contribution in [2.45, 2.75) is 51.1 Å². The van der Waals surface area contributed by atoms with Crippen LogP contribution < -0.4 is 0 Å². The van der Waals surface area contributed by atoms with Crippen LogP contribution >= 0.6 is 11.6 Å².